The lowest BCUT2D eigenvalue weighted by atomic mass is 9.83. The minimum absolute atomic E-state index is 0.00146. The summed E-state index contributed by atoms with van der Waals surface area (Å²) in [5.41, 5.74) is -0.328. The van der Waals surface area contributed by atoms with Crippen molar-refractivity contribution >= 4 is 0 Å². The Bertz CT molecular complexity index is 734. The zero-order valence-electron chi connectivity index (χ0n) is 20.3. The molecule has 124 valence electrons. The number of rotatable bonds is 2. The maximum atomic E-state index is 8.88. The summed E-state index contributed by atoms with van der Waals surface area (Å²) in [7, 11) is 0. The first-order chi connectivity index (χ1) is 11.9. The van der Waals surface area contributed by atoms with Gasteiger partial charge in [0.25, 0.3) is 0 Å². The lowest BCUT2D eigenvalue weighted by molar-refractivity contribution is -0.182. The van der Waals surface area contributed by atoms with E-state index in [4.69, 9.17) is 11.6 Å². The Balaban J connectivity index is 2.71. The molecule has 1 aliphatic rings. The van der Waals surface area contributed by atoms with Crippen LogP contribution in [0.2, 0.25) is 0 Å². The molecule has 0 atom stereocenters. The van der Waals surface area contributed by atoms with E-state index < -0.39 is 23.1 Å². The van der Waals surface area contributed by atoms with Gasteiger partial charge in [-0.1, -0.05) is 38.9 Å². The summed E-state index contributed by atoms with van der Waals surface area (Å²) in [5, 5.41) is 0. The van der Waals surface area contributed by atoms with Gasteiger partial charge in [-0.05, 0) is 56.7 Å². The van der Waals surface area contributed by atoms with Crippen molar-refractivity contribution in [1.82, 2.24) is 4.90 Å². The Morgan fingerprint density at radius 2 is 1.73 bits per heavy atom. The molecule has 0 aliphatic carbocycles. The Labute approximate surface area is 143 Å². The third-order valence-electron chi connectivity index (χ3n) is 3.72. The van der Waals surface area contributed by atoms with Crippen LogP contribution in [0.5, 0.6) is 0 Å². The quantitative estimate of drug-likeness (QED) is 0.786. The molecule has 22 heavy (non-hydrogen) atoms. The number of hydrogen-bond acceptors (Lipinski definition) is 2. The van der Waals surface area contributed by atoms with Gasteiger partial charge in [-0.2, -0.15) is 0 Å². The minimum Gasteiger partial charge on any atom is -0.367 e. The van der Waals surface area contributed by atoms with Crippen LogP contribution in [0.15, 0.2) is 18.1 Å². The molecule has 2 rings (SSSR count). The Kier molecular flexibility index (Phi) is 2.99. The van der Waals surface area contributed by atoms with Gasteiger partial charge in [-0.25, -0.2) is 0 Å². The highest BCUT2D eigenvalue weighted by molar-refractivity contribution is 5.35. The summed E-state index contributed by atoms with van der Waals surface area (Å²) in [4.78, 5) is 1.66. The zero-order valence-corrected chi connectivity index (χ0v) is 15.3. The van der Waals surface area contributed by atoms with Crippen molar-refractivity contribution < 1.29 is 11.6 Å². The van der Waals surface area contributed by atoms with Crippen molar-refractivity contribution in [1.29, 1.82) is 0 Å². The molecule has 0 unspecified atom stereocenters. The van der Waals surface area contributed by atoms with Gasteiger partial charge in [0.05, 0.1) is 15.3 Å². The van der Waals surface area contributed by atoms with E-state index in [1.165, 1.54) is 0 Å². The van der Waals surface area contributed by atoms with Crippen LogP contribution in [0.4, 0.5) is 0 Å². The molecule has 1 aromatic carbocycles. The molecule has 2 nitrogen and oxygen atoms in total. The summed E-state index contributed by atoms with van der Waals surface area (Å²) in [6.45, 7) is 13.9. The van der Waals surface area contributed by atoms with Crippen LogP contribution in [0, 0.1) is 6.92 Å². The topological polar surface area (TPSA) is 12.5 Å². The van der Waals surface area contributed by atoms with Gasteiger partial charge in [0.2, 0.25) is 0 Å². The van der Waals surface area contributed by atoms with Crippen LogP contribution in [-0.2, 0) is 16.6 Å². The first kappa shape index (κ1) is 11.6. The van der Waals surface area contributed by atoms with Crippen molar-refractivity contribution in [2.45, 2.75) is 78.5 Å². The number of ether oxygens (including phenoxy) is 1. The van der Waals surface area contributed by atoms with E-state index in [0.29, 0.717) is 24.2 Å². The molecule has 2 heteroatoms. The smallest absolute Gasteiger partial charge is 0.0760 e. The second-order valence-electron chi connectivity index (χ2n) is 8.59. The van der Waals surface area contributed by atoms with Crippen LogP contribution in [-0.4, -0.2) is 29.2 Å². The molecule has 0 N–H and O–H groups in total. The highest BCUT2D eigenvalue weighted by atomic mass is 16.5. The number of morpholine rings is 1. The third-order valence-corrected chi connectivity index (χ3v) is 3.72. The van der Waals surface area contributed by atoms with Gasteiger partial charge in [-0.15, -0.1) is 0 Å². The first-order valence-corrected chi connectivity index (χ1v) is 7.97. The number of benzene rings is 1. The van der Waals surface area contributed by atoms with E-state index in [0.717, 1.165) is 0 Å². The van der Waals surface area contributed by atoms with Gasteiger partial charge >= 0.3 is 0 Å². The van der Waals surface area contributed by atoms with Crippen LogP contribution in [0.25, 0.3) is 0 Å². The van der Waals surface area contributed by atoms with Gasteiger partial charge in [0.15, 0.2) is 0 Å². The van der Waals surface area contributed by atoms with Crippen molar-refractivity contribution in [3.05, 3.63) is 34.8 Å². The molecule has 1 saturated heterocycles. The fraction of sp³-hybridized carbons (Fsp3) is 0.700. The number of nitrogens with zero attached hydrogens (tertiary/aromatic N) is 1. The maximum absolute atomic E-state index is 8.88. The Morgan fingerprint density at radius 1 is 1.18 bits per heavy atom. The number of hydrogen-bond donors (Lipinski definition) is 0. The molecule has 0 amide bonds. The second kappa shape index (κ2) is 5.65. The van der Waals surface area contributed by atoms with E-state index in [1.54, 1.807) is 11.8 Å². The van der Waals surface area contributed by atoms with E-state index in [2.05, 4.69) is 0 Å². The van der Waals surface area contributed by atoms with Crippen LogP contribution < -0.4 is 0 Å². The molecule has 0 spiro atoms. The fourth-order valence-electron chi connectivity index (χ4n) is 3.30. The van der Waals surface area contributed by atoms with E-state index in [-0.39, 0.29) is 23.7 Å². The summed E-state index contributed by atoms with van der Waals surface area (Å²) >= 11 is 0. The molecule has 1 aliphatic heterocycles. The van der Waals surface area contributed by atoms with E-state index in [9.17, 15) is 0 Å². The third kappa shape index (κ3) is 4.33. The molecule has 0 saturated carbocycles. The molecule has 0 bridgehead atoms. The molecule has 1 fully saturated rings. The average molecular weight is 309 g/mol. The normalized spacial score (nSPS) is 25.7. The van der Waals surface area contributed by atoms with Crippen LogP contribution in [0.3, 0.4) is 0 Å². The molecule has 0 radical (unpaired) electrons. The SMILES string of the molecule is [2H]c1c([2H])c(C([2H])([2H])N2CC(C)(C)OC(C)(C)C2)c([2H])c(C(C)(C)C)c1C. The molecular weight excluding hydrogens is 270 g/mol. The largest absolute Gasteiger partial charge is 0.367 e. The van der Waals surface area contributed by atoms with Crippen molar-refractivity contribution in [3.63, 3.8) is 0 Å². The lowest BCUT2D eigenvalue weighted by Crippen LogP contribution is -2.56. The monoisotopic (exact) mass is 308 g/mol. The highest BCUT2D eigenvalue weighted by Gasteiger charge is 2.37. The van der Waals surface area contributed by atoms with E-state index >= 15 is 0 Å². The summed E-state index contributed by atoms with van der Waals surface area (Å²) in [5.74, 6) is 0. The van der Waals surface area contributed by atoms with Crippen LogP contribution >= 0.6 is 0 Å². The second-order valence-corrected chi connectivity index (χ2v) is 8.59. The standard InChI is InChI=1S/C20H33NO/c1-15-9-10-16(11-17(15)18(2,3)4)12-21-13-19(5,6)22-20(7,8)14-21/h9-11H,12-14H2,1-8H3/i9D,10D,11D,12D2. The summed E-state index contributed by atoms with van der Waals surface area (Å²) in [6, 6.07) is -0.160. The molecule has 0 aromatic heterocycles. The predicted molar refractivity (Wildman–Crippen MR) is 94.4 cm³/mol. The van der Waals surface area contributed by atoms with Crippen molar-refractivity contribution in [2.75, 3.05) is 13.1 Å². The average Bonchev–Trinajstić information content (AvgIpc) is 2.39. The zero-order chi connectivity index (χ0) is 21.2. The Hall–Kier alpha value is -0.860. The van der Waals surface area contributed by atoms with Crippen molar-refractivity contribution in [3.8, 4) is 0 Å². The highest BCUT2D eigenvalue weighted by Crippen LogP contribution is 2.30. The van der Waals surface area contributed by atoms with Gasteiger partial charge in [-0.3, -0.25) is 4.90 Å². The Morgan fingerprint density at radius 3 is 2.23 bits per heavy atom. The first-order valence-electron chi connectivity index (χ1n) is 10.5. The van der Waals surface area contributed by atoms with Crippen molar-refractivity contribution in [2.24, 2.45) is 0 Å². The molecule has 1 heterocycles. The molecule has 1 aromatic rings. The van der Waals surface area contributed by atoms with E-state index in [1.807, 2.05) is 48.5 Å². The minimum atomic E-state index is -2.05. The summed E-state index contributed by atoms with van der Waals surface area (Å²) < 4.78 is 49.4. The summed E-state index contributed by atoms with van der Waals surface area (Å²) in [6.07, 6.45) is 0. The predicted octanol–water partition coefficient (Wildman–Crippen LogP) is 4.68. The van der Waals surface area contributed by atoms with Gasteiger partial charge in [0, 0.05) is 22.3 Å². The fourth-order valence-corrected chi connectivity index (χ4v) is 3.30. The maximum Gasteiger partial charge on any atom is 0.0760 e. The van der Waals surface area contributed by atoms with Crippen LogP contribution in [0.1, 0.15) is 72.0 Å². The van der Waals surface area contributed by atoms with Gasteiger partial charge < -0.3 is 4.74 Å². The lowest BCUT2D eigenvalue weighted by Gasteiger charge is -2.47. The van der Waals surface area contributed by atoms with Gasteiger partial charge in [0.1, 0.15) is 0 Å². The molecular formula is C20H33NO.